The highest BCUT2D eigenvalue weighted by Gasteiger charge is 2.25. The number of aryl methyl sites for hydroxylation is 1. The first-order valence-electron chi connectivity index (χ1n) is 6.26. The average Bonchev–Trinajstić information content (AvgIpc) is 3.16. The number of anilines is 1. The Hall–Kier alpha value is -2.15. The lowest BCUT2D eigenvalue weighted by Crippen LogP contribution is -2.24. The lowest BCUT2D eigenvalue weighted by molar-refractivity contribution is 0.642. The normalized spacial score (nSPS) is 14.6. The molecule has 1 aliphatic rings. The maximum atomic E-state index is 12.1. The van der Waals surface area contributed by atoms with Gasteiger partial charge in [0.05, 0.1) is 6.54 Å². The van der Waals surface area contributed by atoms with E-state index in [1.165, 1.54) is 0 Å². The smallest absolute Gasteiger partial charge is 0.308 e. The Kier molecular flexibility index (Phi) is 2.83. The topological polar surface area (TPSA) is 90.8 Å². The molecule has 0 aliphatic heterocycles. The van der Waals surface area contributed by atoms with E-state index in [0.29, 0.717) is 24.2 Å². The number of hydrogen-bond donors (Lipinski definition) is 2. The molecule has 2 aromatic heterocycles. The second-order valence-electron chi connectivity index (χ2n) is 4.80. The molecule has 2 aromatic rings. The third kappa shape index (κ3) is 2.37. The van der Waals surface area contributed by atoms with E-state index in [-0.39, 0.29) is 5.69 Å². The standard InChI is InChI=1S/C12H16N6O/c1-8-6-10(16-13)15-11(14-8)7-17-4-5-18(12(17)19)9-2-3-9/h4-6,9H,2-3,7,13H2,1H3,(H,14,15,16). The number of imidazole rings is 1. The maximum Gasteiger partial charge on any atom is 0.328 e. The van der Waals surface area contributed by atoms with Crippen molar-refractivity contribution in [1.29, 1.82) is 0 Å². The van der Waals surface area contributed by atoms with Crippen molar-refractivity contribution in [2.24, 2.45) is 5.84 Å². The summed E-state index contributed by atoms with van der Waals surface area (Å²) in [5.74, 6) is 6.48. The summed E-state index contributed by atoms with van der Waals surface area (Å²) in [6.45, 7) is 2.22. The van der Waals surface area contributed by atoms with Gasteiger partial charge in [-0.3, -0.25) is 9.13 Å². The van der Waals surface area contributed by atoms with E-state index in [4.69, 9.17) is 5.84 Å². The molecule has 2 heterocycles. The fourth-order valence-electron chi connectivity index (χ4n) is 2.11. The van der Waals surface area contributed by atoms with Crippen LogP contribution in [0.15, 0.2) is 23.3 Å². The first-order valence-corrected chi connectivity index (χ1v) is 6.26. The van der Waals surface area contributed by atoms with E-state index in [0.717, 1.165) is 18.5 Å². The van der Waals surface area contributed by atoms with Crippen LogP contribution in [0.2, 0.25) is 0 Å². The molecule has 1 fully saturated rings. The number of nitrogen functional groups attached to an aromatic ring is 1. The number of rotatable bonds is 4. The molecule has 0 saturated heterocycles. The lowest BCUT2D eigenvalue weighted by atomic mass is 10.4. The fraction of sp³-hybridized carbons (Fsp3) is 0.417. The first kappa shape index (κ1) is 11.9. The van der Waals surface area contributed by atoms with Gasteiger partial charge in [-0.15, -0.1) is 0 Å². The summed E-state index contributed by atoms with van der Waals surface area (Å²) in [6.07, 6.45) is 5.79. The summed E-state index contributed by atoms with van der Waals surface area (Å²) < 4.78 is 3.39. The van der Waals surface area contributed by atoms with Crippen LogP contribution < -0.4 is 17.0 Å². The predicted molar refractivity (Wildman–Crippen MR) is 70.6 cm³/mol. The number of hydrogen-bond acceptors (Lipinski definition) is 5. The van der Waals surface area contributed by atoms with Gasteiger partial charge >= 0.3 is 5.69 Å². The van der Waals surface area contributed by atoms with E-state index < -0.39 is 0 Å². The molecule has 0 unspecified atom stereocenters. The second kappa shape index (κ2) is 4.51. The molecule has 0 aromatic carbocycles. The van der Waals surface area contributed by atoms with Gasteiger partial charge in [0.25, 0.3) is 0 Å². The van der Waals surface area contributed by atoms with Gasteiger partial charge in [0, 0.05) is 30.2 Å². The minimum absolute atomic E-state index is 0.00476. The van der Waals surface area contributed by atoms with Crippen LogP contribution in [0.4, 0.5) is 5.82 Å². The van der Waals surface area contributed by atoms with Crippen LogP contribution in [-0.2, 0) is 6.54 Å². The van der Waals surface area contributed by atoms with Gasteiger partial charge in [0.15, 0.2) is 5.82 Å². The van der Waals surface area contributed by atoms with Gasteiger partial charge in [0.1, 0.15) is 5.82 Å². The molecule has 0 radical (unpaired) electrons. The summed E-state index contributed by atoms with van der Waals surface area (Å²) in [5.41, 5.74) is 3.31. The molecule has 0 amide bonds. The van der Waals surface area contributed by atoms with Crippen LogP contribution in [0.25, 0.3) is 0 Å². The van der Waals surface area contributed by atoms with E-state index in [9.17, 15) is 4.79 Å². The SMILES string of the molecule is Cc1cc(NN)nc(Cn2ccn(C3CC3)c2=O)n1. The number of nitrogens with one attached hydrogen (secondary N) is 1. The van der Waals surface area contributed by atoms with E-state index in [2.05, 4.69) is 15.4 Å². The van der Waals surface area contributed by atoms with Gasteiger partial charge in [-0.2, -0.15) is 0 Å². The molecule has 0 bridgehead atoms. The van der Waals surface area contributed by atoms with Crippen molar-refractivity contribution in [3.63, 3.8) is 0 Å². The Labute approximate surface area is 110 Å². The van der Waals surface area contributed by atoms with E-state index in [1.54, 1.807) is 21.4 Å². The van der Waals surface area contributed by atoms with Gasteiger partial charge in [0.2, 0.25) is 0 Å². The van der Waals surface area contributed by atoms with Crippen molar-refractivity contribution in [3.05, 3.63) is 40.5 Å². The maximum absolute atomic E-state index is 12.1. The monoisotopic (exact) mass is 260 g/mol. The summed E-state index contributed by atoms with van der Waals surface area (Å²) in [5, 5.41) is 0. The number of aromatic nitrogens is 4. The van der Waals surface area contributed by atoms with Crippen molar-refractivity contribution < 1.29 is 0 Å². The molecule has 3 rings (SSSR count). The molecule has 0 atom stereocenters. The van der Waals surface area contributed by atoms with Crippen LogP contribution in [-0.4, -0.2) is 19.1 Å². The number of nitrogens with two attached hydrogens (primary N) is 1. The van der Waals surface area contributed by atoms with E-state index in [1.807, 2.05) is 13.1 Å². The average molecular weight is 260 g/mol. The molecule has 19 heavy (non-hydrogen) atoms. The Morgan fingerprint density at radius 3 is 2.89 bits per heavy atom. The zero-order chi connectivity index (χ0) is 13.4. The Morgan fingerprint density at radius 2 is 2.21 bits per heavy atom. The molecule has 7 nitrogen and oxygen atoms in total. The minimum Gasteiger partial charge on any atom is -0.308 e. The Balaban J connectivity index is 1.88. The Morgan fingerprint density at radius 1 is 1.42 bits per heavy atom. The van der Waals surface area contributed by atoms with Crippen LogP contribution in [0.5, 0.6) is 0 Å². The molecule has 3 N–H and O–H groups in total. The number of nitrogens with zero attached hydrogens (tertiary/aromatic N) is 4. The number of hydrazine groups is 1. The third-order valence-electron chi connectivity index (χ3n) is 3.17. The largest absolute Gasteiger partial charge is 0.328 e. The quantitative estimate of drug-likeness (QED) is 0.614. The molecule has 0 spiro atoms. The first-order chi connectivity index (χ1) is 9.17. The molecule has 1 aliphatic carbocycles. The van der Waals surface area contributed by atoms with Crippen molar-refractivity contribution in [2.75, 3.05) is 5.43 Å². The van der Waals surface area contributed by atoms with Crippen LogP contribution >= 0.6 is 0 Å². The summed E-state index contributed by atoms with van der Waals surface area (Å²) in [6, 6.07) is 2.13. The molecule has 100 valence electrons. The van der Waals surface area contributed by atoms with Crippen LogP contribution in [0, 0.1) is 6.92 Å². The third-order valence-corrected chi connectivity index (χ3v) is 3.17. The fourth-order valence-corrected chi connectivity index (χ4v) is 2.11. The highest BCUT2D eigenvalue weighted by molar-refractivity contribution is 5.33. The van der Waals surface area contributed by atoms with Crippen LogP contribution in [0.1, 0.15) is 30.4 Å². The molecular formula is C12H16N6O. The van der Waals surface area contributed by atoms with Gasteiger partial charge in [-0.05, 0) is 19.8 Å². The van der Waals surface area contributed by atoms with Gasteiger partial charge < -0.3 is 5.43 Å². The molecule has 7 heteroatoms. The Bertz CT molecular complexity index is 654. The van der Waals surface area contributed by atoms with E-state index >= 15 is 0 Å². The zero-order valence-electron chi connectivity index (χ0n) is 10.7. The van der Waals surface area contributed by atoms with Crippen molar-refractivity contribution in [1.82, 2.24) is 19.1 Å². The lowest BCUT2D eigenvalue weighted by Gasteiger charge is -2.05. The van der Waals surface area contributed by atoms with Crippen molar-refractivity contribution in [3.8, 4) is 0 Å². The second-order valence-corrected chi connectivity index (χ2v) is 4.80. The summed E-state index contributed by atoms with van der Waals surface area (Å²) in [7, 11) is 0. The minimum atomic E-state index is -0.00476. The van der Waals surface area contributed by atoms with Crippen molar-refractivity contribution >= 4 is 5.82 Å². The van der Waals surface area contributed by atoms with Crippen molar-refractivity contribution in [2.45, 2.75) is 32.4 Å². The summed E-state index contributed by atoms with van der Waals surface area (Å²) in [4.78, 5) is 20.7. The molecular weight excluding hydrogens is 244 g/mol. The van der Waals surface area contributed by atoms with Gasteiger partial charge in [-0.25, -0.2) is 20.6 Å². The summed E-state index contributed by atoms with van der Waals surface area (Å²) >= 11 is 0. The predicted octanol–water partition coefficient (Wildman–Crippen LogP) is 0.417. The zero-order valence-corrected chi connectivity index (χ0v) is 10.7. The van der Waals surface area contributed by atoms with Crippen LogP contribution in [0.3, 0.4) is 0 Å². The highest BCUT2D eigenvalue weighted by Crippen LogP contribution is 2.33. The van der Waals surface area contributed by atoms with Gasteiger partial charge in [-0.1, -0.05) is 0 Å². The molecule has 1 saturated carbocycles. The highest BCUT2D eigenvalue weighted by atomic mass is 16.1.